The monoisotopic (exact) mass is 210 g/mol. The van der Waals surface area contributed by atoms with Crippen LogP contribution in [-0.4, -0.2) is 37.7 Å². The number of hydrogen-bond donors (Lipinski definition) is 2. The second kappa shape index (κ2) is 5.65. The van der Waals surface area contributed by atoms with Crippen molar-refractivity contribution in [2.75, 3.05) is 27.7 Å². The maximum absolute atomic E-state index is 5.68. The summed E-state index contributed by atoms with van der Waals surface area (Å²) < 4.78 is 4.99. The van der Waals surface area contributed by atoms with Gasteiger partial charge in [0.2, 0.25) is 5.88 Å². The van der Waals surface area contributed by atoms with Gasteiger partial charge in [-0.1, -0.05) is 6.07 Å². The normalized spacial score (nSPS) is 12.9. The fraction of sp³-hybridized carbons (Fsp3) is 0.500. The van der Waals surface area contributed by atoms with E-state index in [0.29, 0.717) is 12.4 Å². The summed E-state index contributed by atoms with van der Waals surface area (Å²) in [5, 5.41) is 1.88. The van der Waals surface area contributed by atoms with Gasteiger partial charge in [0.25, 0.3) is 0 Å². The molecule has 1 heterocycles. The van der Waals surface area contributed by atoms with E-state index in [4.69, 9.17) is 10.5 Å². The number of aromatic nitrogens is 1. The zero-order valence-corrected chi connectivity index (χ0v) is 9.40. The van der Waals surface area contributed by atoms with Gasteiger partial charge < -0.3 is 10.5 Å². The molecule has 0 bridgehead atoms. The van der Waals surface area contributed by atoms with Crippen LogP contribution in [0.25, 0.3) is 0 Å². The lowest BCUT2D eigenvalue weighted by Crippen LogP contribution is -2.38. The van der Waals surface area contributed by atoms with Gasteiger partial charge in [0.15, 0.2) is 0 Å². The lowest BCUT2D eigenvalue weighted by Gasteiger charge is -2.21. The molecular formula is C10H18N4O. The van der Waals surface area contributed by atoms with Crippen molar-refractivity contribution < 1.29 is 4.74 Å². The second-order valence-electron chi connectivity index (χ2n) is 3.45. The molecule has 1 rings (SSSR count). The van der Waals surface area contributed by atoms with Crippen molar-refractivity contribution in [1.29, 1.82) is 0 Å². The van der Waals surface area contributed by atoms with E-state index in [-0.39, 0.29) is 6.04 Å². The summed E-state index contributed by atoms with van der Waals surface area (Å²) >= 11 is 0. The minimum absolute atomic E-state index is 0.0819. The summed E-state index contributed by atoms with van der Waals surface area (Å²) in [7, 11) is 5.46. The van der Waals surface area contributed by atoms with Crippen LogP contribution in [0.1, 0.15) is 11.6 Å². The summed E-state index contributed by atoms with van der Waals surface area (Å²) in [6, 6.07) is 3.87. The molecule has 84 valence electrons. The van der Waals surface area contributed by atoms with Crippen molar-refractivity contribution in [2.45, 2.75) is 6.04 Å². The summed E-state index contributed by atoms with van der Waals surface area (Å²) in [5.74, 6) is 0.611. The van der Waals surface area contributed by atoms with E-state index in [2.05, 4.69) is 10.4 Å². The molecule has 0 aliphatic rings. The smallest absolute Gasteiger partial charge is 0.212 e. The SMILES string of the molecule is COc1ccc(C(CN)NN(C)C)cn1. The van der Waals surface area contributed by atoms with Crippen molar-refractivity contribution >= 4 is 0 Å². The highest BCUT2D eigenvalue weighted by atomic mass is 16.5. The first kappa shape index (κ1) is 11.9. The molecule has 0 spiro atoms. The lowest BCUT2D eigenvalue weighted by atomic mass is 10.1. The Hall–Kier alpha value is -1.17. The first-order valence-corrected chi connectivity index (χ1v) is 4.81. The number of ether oxygens (including phenoxy) is 1. The molecule has 0 amide bonds. The van der Waals surface area contributed by atoms with Gasteiger partial charge in [-0.25, -0.2) is 15.4 Å². The summed E-state index contributed by atoms with van der Waals surface area (Å²) in [6.07, 6.45) is 1.77. The van der Waals surface area contributed by atoms with E-state index in [0.717, 1.165) is 5.56 Å². The second-order valence-corrected chi connectivity index (χ2v) is 3.45. The zero-order valence-electron chi connectivity index (χ0n) is 9.40. The van der Waals surface area contributed by atoms with E-state index in [9.17, 15) is 0 Å². The molecule has 3 N–H and O–H groups in total. The molecule has 1 unspecified atom stereocenters. The Morgan fingerprint density at radius 1 is 1.53 bits per heavy atom. The number of hydrogen-bond acceptors (Lipinski definition) is 5. The molecule has 0 radical (unpaired) electrons. The van der Waals surface area contributed by atoms with Crippen LogP contribution in [0.4, 0.5) is 0 Å². The van der Waals surface area contributed by atoms with Gasteiger partial charge in [-0.2, -0.15) is 0 Å². The average molecular weight is 210 g/mol. The summed E-state index contributed by atoms with van der Waals surface area (Å²) in [4.78, 5) is 4.14. The van der Waals surface area contributed by atoms with Crippen molar-refractivity contribution in [3.63, 3.8) is 0 Å². The zero-order chi connectivity index (χ0) is 11.3. The standard InChI is InChI=1S/C10H18N4O/c1-14(2)13-9(6-11)8-4-5-10(15-3)12-7-8/h4-5,7,9,13H,6,11H2,1-3H3. The molecule has 0 fully saturated rings. The molecule has 5 heteroatoms. The number of methoxy groups -OCH3 is 1. The highest BCUT2D eigenvalue weighted by Gasteiger charge is 2.10. The van der Waals surface area contributed by atoms with Crippen LogP contribution in [0.2, 0.25) is 0 Å². The fourth-order valence-electron chi connectivity index (χ4n) is 1.29. The van der Waals surface area contributed by atoms with Crippen LogP contribution in [-0.2, 0) is 0 Å². The van der Waals surface area contributed by atoms with Crippen LogP contribution >= 0.6 is 0 Å². The van der Waals surface area contributed by atoms with Gasteiger partial charge in [-0.3, -0.25) is 0 Å². The Labute approximate surface area is 90.2 Å². The Kier molecular flexibility index (Phi) is 4.48. The quantitative estimate of drug-likeness (QED) is 0.678. The van der Waals surface area contributed by atoms with Crippen LogP contribution in [0, 0.1) is 0 Å². The minimum Gasteiger partial charge on any atom is -0.481 e. The topological polar surface area (TPSA) is 63.4 Å². The predicted molar refractivity (Wildman–Crippen MR) is 59.4 cm³/mol. The van der Waals surface area contributed by atoms with E-state index in [1.165, 1.54) is 0 Å². The van der Waals surface area contributed by atoms with Crippen LogP contribution < -0.4 is 15.9 Å². The van der Waals surface area contributed by atoms with Gasteiger partial charge in [-0.15, -0.1) is 0 Å². The van der Waals surface area contributed by atoms with Gasteiger partial charge in [-0.05, 0) is 5.56 Å². The highest BCUT2D eigenvalue weighted by molar-refractivity contribution is 5.20. The van der Waals surface area contributed by atoms with Gasteiger partial charge >= 0.3 is 0 Å². The molecule has 1 aromatic rings. The molecule has 0 saturated carbocycles. The number of hydrazine groups is 1. The number of nitrogens with zero attached hydrogens (tertiary/aromatic N) is 2. The average Bonchev–Trinajstić information content (AvgIpc) is 2.26. The van der Waals surface area contributed by atoms with Gasteiger partial charge in [0.1, 0.15) is 0 Å². The van der Waals surface area contributed by atoms with Crippen molar-refractivity contribution in [2.24, 2.45) is 5.73 Å². The maximum Gasteiger partial charge on any atom is 0.212 e. The molecule has 0 saturated heterocycles. The van der Waals surface area contributed by atoms with E-state index in [1.807, 2.05) is 31.2 Å². The number of pyridine rings is 1. The summed E-state index contributed by atoms with van der Waals surface area (Å²) in [6.45, 7) is 0.520. The predicted octanol–water partition coefficient (Wildman–Crippen LogP) is 0.156. The van der Waals surface area contributed by atoms with Crippen LogP contribution in [0.3, 0.4) is 0 Å². The minimum atomic E-state index is 0.0819. The third kappa shape index (κ3) is 3.47. The first-order chi connectivity index (χ1) is 7.17. The van der Waals surface area contributed by atoms with Gasteiger partial charge in [0, 0.05) is 32.9 Å². The molecule has 15 heavy (non-hydrogen) atoms. The molecular weight excluding hydrogens is 192 g/mol. The third-order valence-electron chi connectivity index (χ3n) is 2.02. The maximum atomic E-state index is 5.68. The Morgan fingerprint density at radius 3 is 2.67 bits per heavy atom. The lowest BCUT2D eigenvalue weighted by molar-refractivity contribution is 0.245. The van der Waals surface area contributed by atoms with E-state index >= 15 is 0 Å². The van der Waals surface area contributed by atoms with Crippen LogP contribution in [0.15, 0.2) is 18.3 Å². The van der Waals surface area contributed by atoms with E-state index in [1.54, 1.807) is 13.3 Å². The molecule has 0 aliphatic carbocycles. The Balaban J connectivity index is 2.74. The Bertz CT molecular complexity index is 286. The van der Waals surface area contributed by atoms with E-state index < -0.39 is 0 Å². The Morgan fingerprint density at radius 2 is 2.27 bits per heavy atom. The summed E-state index contributed by atoms with van der Waals surface area (Å²) in [5.41, 5.74) is 9.93. The van der Waals surface area contributed by atoms with Crippen molar-refractivity contribution in [3.8, 4) is 5.88 Å². The fourth-order valence-corrected chi connectivity index (χ4v) is 1.29. The van der Waals surface area contributed by atoms with Gasteiger partial charge in [0.05, 0.1) is 13.2 Å². The largest absolute Gasteiger partial charge is 0.481 e. The molecule has 1 aromatic heterocycles. The molecule has 1 atom stereocenters. The number of rotatable bonds is 5. The molecule has 0 aromatic carbocycles. The third-order valence-corrected chi connectivity index (χ3v) is 2.02. The highest BCUT2D eigenvalue weighted by Crippen LogP contribution is 2.13. The van der Waals surface area contributed by atoms with Crippen LogP contribution in [0.5, 0.6) is 5.88 Å². The van der Waals surface area contributed by atoms with Crippen molar-refractivity contribution in [3.05, 3.63) is 23.9 Å². The number of nitrogens with one attached hydrogen (secondary N) is 1. The molecule has 0 aliphatic heterocycles. The first-order valence-electron chi connectivity index (χ1n) is 4.81. The molecule has 5 nitrogen and oxygen atoms in total. The van der Waals surface area contributed by atoms with Crippen molar-refractivity contribution in [1.82, 2.24) is 15.4 Å². The number of nitrogens with two attached hydrogens (primary N) is 1.